The molecule has 0 saturated carbocycles. The maximum absolute atomic E-state index is 12.9. The summed E-state index contributed by atoms with van der Waals surface area (Å²) in [5.74, 6) is 1.20. The third-order valence-corrected chi connectivity index (χ3v) is 4.04. The largest absolute Gasteiger partial charge is 0.497 e. The number of ether oxygens (including phenoxy) is 2. The molecule has 24 heavy (non-hydrogen) atoms. The summed E-state index contributed by atoms with van der Waals surface area (Å²) in [6.45, 7) is 2.67. The fourth-order valence-corrected chi connectivity index (χ4v) is 2.79. The highest BCUT2D eigenvalue weighted by Gasteiger charge is 2.32. The number of fused-ring (bicyclic) bond motifs is 1. The Labute approximate surface area is 141 Å². The molecule has 1 aliphatic rings. The van der Waals surface area contributed by atoms with Gasteiger partial charge in [0.2, 0.25) is 5.88 Å². The van der Waals surface area contributed by atoms with Crippen molar-refractivity contribution in [3.8, 4) is 17.3 Å². The van der Waals surface area contributed by atoms with Gasteiger partial charge < -0.3 is 14.4 Å². The molecule has 2 heterocycles. The fourth-order valence-electron chi connectivity index (χ4n) is 2.79. The molecule has 1 aromatic heterocycles. The molecule has 1 aromatic carbocycles. The normalized spacial score (nSPS) is 14.1. The number of carbonyl (C=O) groups is 1. The highest BCUT2D eigenvalue weighted by molar-refractivity contribution is 5.97. The number of hydrogen-bond donors (Lipinski definition) is 0. The lowest BCUT2D eigenvalue weighted by atomic mass is 10.1. The number of nitrogens with zero attached hydrogens (tertiary/aromatic N) is 3. The van der Waals surface area contributed by atoms with E-state index in [0.29, 0.717) is 24.5 Å². The van der Waals surface area contributed by atoms with Crippen LogP contribution in [-0.4, -0.2) is 41.4 Å². The van der Waals surface area contributed by atoms with Crippen molar-refractivity contribution < 1.29 is 14.3 Å². The van der Waals surface area contributed by atoms with Gasteiger partial charge in [0.1, 0.15) is 11.4 Å². The number of rotatable bonds is 5. The van der Waals surface area contributed by atoms with Crippen LogP contribution in [0.5, 0.6) is 11.6 Å². The molecule has 0 atom stereocenters. The molecule has 1 aliphatic heterocycles. The second kappa shape index (κ2) is 6.78. The molecule has 0 radical (unpaired) electrons. The molecule has 6 nitrogen and oxygen atoms in total. The Balaban J connectivity index is 2.06. The first-order chi connectivity index (χ1) is 11.7. The van der Waals surface area contributed by atoms with Crippen LogP contribution >= 0.6 is 0 Å². The molecule has 0 spiro atoms. The summed E-state index contributed by atoms with van der Waals surface area (Å²) in [4.78, 5) is 14.6. The van der Waals surface area contributed by atoms with Gasteiger partial charge in [0.25, 0.3) is 5.91 Å². The van der Waals surface area contributed by atoms with E-state index in [0.717, 1.165) is 23.4 Å². The van der Waals surface area contributed by atoms with E-state index in [1.165, 1.54) is 0 Å². The number of amides is 1. The molecule has 0 N–H and O–H groups in total. The summed E-state index contributed by atoms with van der Waals surface area (Å²) in [6.07, 6.45) is 5.43. The molecule has 0 aliphatic carbocycles. The number of aromatic nitrogens is 2. The molecule has 126 valence electrons. The van der Waals surface area contributed by atoms with Crippen LogP contribution in [0.4, 0.5) is 0 Å². The monoisotopic (exact) mass is 327 g/mol. The van der Waals surface area contributed by atoms with Crippen molar-refractivity contribution in [1.29, 1.82) is 0 Å². The molecular formula is C18H21N3O3. The SMILES string of the molecule is CC/C=C/N1CCc2c(OC)nn(-c3ccc(OC)cc3)c2C1=O. The van der Waals surface area contributed by atoms with E-state index in [1.807, 2.05) is 43.5 Å². The zero-order valence-corrected chi connectivity index (χ0v) is 14.2. The Bertz CT molecular complexity index is 763. The number of benzene rings is 1. The van der Waals surface area contributed by atoms with Crippen LogP contribution in [0.25, 0.3) is 5.69 Å². The Morgan fingerprint density at radius 1 is 1.21 bits per heavy atom. The van der Waals surface area contributed by atoms with Crippen molar-refractivity contribution >= 4 is 5.91 Å². The lowest BCUT2D eigenvalue weighted by Crippen LogP contribution is -2.34. The summed E-state index contributed by atoms with van der Waals surface area (Å²) in [7, 11) is 3.20. The Kier molecular flexibility index (Phi) is 4.55. The molecule has 6 heteroatoms. The van der Waals surface area contributed by atoms with Gasteiger partial charge in [0, 0.05) is 18.3 Å². The van der Waals surface area contributed by atoms with Crippen molar-refractivity contribution in [2.75, 3.05) is 20.8 Å². The van der Waals surface area contributed by atoms with Gasteiger partial charge in [-0.1, -0.05) is 13.0 Å². The minimum atomic E-state index is -0.0624. The van der Waals surface area contributed by atoms with E-state index in [1.54, 1.807) is 23.8 Å². The lowest BCUT2D eigenvalue weighted by Gasteiger charge is -2.24. The van der Waals surface area contributed by atoms with E-state index in [2.05, 4.69) is 5.10 Å². The highest BCUT2D eigenvalue weighted by atomic mass is 16.5. The fraction of sp³-hybridized carbons (Fsp3) is 0.333. The molecule has 3 rings (SSSR count). The number of carbonyl (C=O) groups excluding carboxylic acids is 1. The lowest BCUT2D eigenvalue weighted by molar-refractivity contribution is 0.0799. The maximum atomic E-state index is 12.9. The molecule has 0 bridgehead atoms. The van der Waals surface area contributed by atoms with E-state index in [-0.39, 0.29) is 5.91 Å². The second-order valence-corrected chi connectivity index (χ2v) is 5.49. The molecule has 2 aromatic rings. The minimum Gasteiger partial charge on any atom is -0.497 e. The van der Waals surface area contributed by atoms with Crippen LogP contribution in [-0.2, 0) is 6.42 Å². The number of methoxy groups -OCH3 is 2. The molecule has 0 saturated heterocycles. The molecular weight excluding hydrogens is 306 g/mol. The topological polar surface area (TPSA) is 56.6 Å². The summed E-state index contributed by atoms with van der Waals surface area (Å²) < 4.78 is 12.2. The first kappa shape index (κ1) is 16.1. The van der Waals surface area contributed by atoms with Crippen molar-refractivity contribution in [2.24, 2.45) is 0 Å². The van der Waals surface area contributed by atoms with Crippen LogP contribution < -0.4 is 9.47 Å². The van der Waals surface area contributed by atoms with E-state index in [9.17, 15) is 4.79 Å². The van der Waals surface area contributed by atoms with Crippen molar-refractivity contribution in [3.63, 3.8) is 0 Å². The van der Waals surface area contributed by atoms with Gasteiger partial charge in [-0.15, -0.1) is 5.10 Å². The standard InChI is InChI=1S/C18H21N3O3/c1-4-5-11-20-12-10-15-16(18(20)22)21(19-17(15)24-3)13-6-8-14(23-2)9-7-13/h5-9,11H,4,10,12H2,1-3H3/b11-5+. The van der Waals surface area contributed by atoms with Crippen molar-refractivity contribution in [1.82, 2.24) is 14.7 Å². The van der Waals surface area contributed by atoms with Crippen molar-refractivity contribution in [3.05, 3.63) is 47.8 Å². The summed E-state index contributed by atoms with van der Waals surface area (Å²) in [5.41, 5.74) is 2.22. The van der Waals surface area contributed by atoms with Crippen LogP contribution in [0, 0.1) is 0 Å². The zero-order chi connectivity index (χ0) is 17.1. The Morgan fingerprint density at radius 3 is 2.58 bits per heavy atom. The Morgan fingerprint density at radius 2 is 1.96 bits per heavy atom. The number of allylic oxidation sites excluding steroid dienone is 1. The van der Waals surface area contributed by atoms with Gasteiger partial charge in [-0.2, -0.15) is 0 Å². The third-order valence-electron chi connectivity index (χ3n) is 4.04. The predicted octanol–water partition coefficient (Wildman–Crippen LogP) is 2.81. The van der Waals surface area contributed by atoms with Crippen molar-refractivity contribution in [2.45, 2.75) is 19.8 Å². The van der Waals surface area contributed by atoms with Gasteiger partial charge in [0.15, 0.2) is 0 Å². The average molecular weight is 327 g/mol. The summed E-state index contributed by atoms with van der Waals surface area (Å²) in [6, 6.07) is 7.44. The second-order valence-electron chi connectivity index (χ2n) is 5.49. The smallest absolute Gasteiger partial charge is 0.276 e. The minimum absolute atomic E-state index is 0.0624. The van der Waals surface area contributed by atoms with Gasteiger partial charge in [-0.3, -0.25) is 4.79 Å². The third kappa shape index (κ3) is 2.75. The molecule has 0 unspecified atom stereocenters. The Hall–Kier alpha value is -2.76. The summed E-state index contributed by atoms with van der Waals surface area (Å²) in [5, 5.41) is 4.48. The maximum Gasteiger partial charge on any atom is 0.276 e. The van der Waals surface area contributed by atoms with E-state index >= 15 is 0 Å². The zero-order valence-electron chi connectivity index (χ0n) is 14.2. The summed E-state index contributed by atoms with van der Waals surface area (Å²) >= 11 is 0. The van der Waals surface area contributed by atoms with E-state index in [4.69, 9.17) is 9.47 Å². The van der Waals surface area contributed by atoms with Crippen LogP contribution in [0.2, 0.25) is 0 Å². The quantitative estimate of drug-likeness (QED) is 0.847. The van der Waals surface area contributed by atoms with E-state index < -0.39 is 0 Å². The molecule has 0 fully saturated rings. The van der Waals surface area contributed by atoms with Gasteiger partial charge in [-0.05, 0) is 37.1 Å². The molecule has 1 amide bonds. The average Bonchev–Trinajstić information content (AvgIpc) is 3.01. The number of hydrogen-bond acceptors (Lipinski definition) is 4. The van der Waals surface area contributed by atoms with Gasteiger partial charge in [-0.25, -0.2) is 4.68 Å². The predicted molar refractivity (Wildman–Crippen MR) is 90.8 cm³/mol. The highest BCUT2D eigenvalue weighted by Crippen LogP contribution is 2.30. The van der Waals surface area contributed by atoms with Crippen LogP contribution in [0.15, 0.2) is 36.5 Å². The van der Waals surface area contributed by atoms with Crippen LogP contribution in [0.1, 0.15) is 29.4 Å². The first-order valence-electron chi connectivity index (χ1n) is 7.97. The van der Waals surface area contributed by atoms with Gasteiger partial charge in [0.05, 0.1) is 19.9 Å². The van der Waals surface area contributed by atoms with Crippen LogP contribution in [0.3, 0.4) is 0 Å². The van der Waals surface area contributed by atoms with Gasteiger partial charge >= 0.3 is 0 Å². The first-order valence-corrected chi connectivity index (χ1v) is 7.97.